The van der Waals surface area contributed by atoms with Crippen LogP contribution in [-0.2, 0) is 4.79 Å². The lowest BCUT2D eigenvalue weighted by atomic mass is 9.92. The molecule has 3 rings (SSSR count). The van der Waals surface area contributed by atoms with E-state index >= 15 is 0 Å². The Morgan fingerprint density at radius 3 is 2.63 bits per heavy atom. The highest BCUT2D eigenvalue weighted by Crippen LogP contribution is 2.32. The van der Waals surface area contributed by atoms with Crippen LogP contribution in [0.15, 0.2) is 18.2 Å². The molecule has 27 heavy (non-hydrogen) atoms. The van der Waals surface area contributed by atoms with Gasteiger partial charge in [-0.25, -0.2) is 0 Å². The van der Waals surface area contributed by atoms with Crippen LogP contribution in [0, 0.1) is 5.41 Å². The van der Waals surface area contributed by atoms with Gasteiger partial charge in [-0.1, -0.05) is 32.4 Å². The van der Waals surface area contributed by atoms with Crippen LogP contribution < -0.4 is 10.6 Å². The predicted octanol–water partition coefficient (Wildman–Crippen LogP) is 4.10. The Labute approximate surface area is 172 Å². The number of nitrogens with zero attached hydrogens (tertiary/aromatic N) is 1. The molecule has 2 bridgehead atoms. The largest absolute Gasteiger partial charge is 0.331 e. The lowest BCUT2D eigenvalue weighted by Gasteiger charge is -2.28. The average molecular weight is 414 g/mol. The maximum Gasteiger partial charge on any atom is 0.255 e. The molecule has 0 spiro atoms. The van der Waals surface area contributed by atoms with Crippen LogP contribution in [-0.4, -0.2) is 41.9 Å². The second kappa shape index (κ2) is 8.80. The van der Waals surface area contributed by atoms with Crippen molar-refractivity contribution >= 4 is 41.5 Å². The van der Waals surface area contributed by atoms with Crippen LogP contribution in [0.4, 0.5) is 5.69 Å². The van der Waals surface area contributed by atoms with E-state index in [2.05, 4.69) is 10.6 Å². The fourth-order valence-electron chi connectivity index (χ4n) is 3.91. The summed E-state index contributed by atoms with van der Waals surface area (Å²) in [4.78, 5) is 27.4. The van der Waals surface area contributed by atoms with Crippen LogP contribution in [0.2, 0.25) is 5.02 Å². The van der Waals surface area contributed by atoms with Gasteiger partial charge < -0.3 is 15.5 Å². The van der Waals surface area contributed by atoms with E-state index in [1.807, 2.05) is 25.7 Å². The van der Waals surface area contributed by atoms with Gasteiger partial charge in [-0.3, -0.25) is 9.59 Å². The van der Waals surface area contributed by atoms with Gasteiger partial charge >= 0.3 is 0 Å². The van der Waals surface area contributed by atoms with Gasteiger partial charge in [0.05, 0.1) is 10.6 Å². The minimum Gasteiger partial charge on any atom is -0.331 e. The number of hydrogen-bond donors (Lipinski definition) is 2. The molecule has 2 aliphatic rings. The highest BCUT2D eigenvalue weighted by atomic mass is 35.5. The van der Waals surface area contributed by atoms with Gasteiger partial charge in [0.25, 0.3) is 5.91 Å². The van der Waals surface area contributed by atoms with E-state index in [4.69, 9.17) is 11.6 Å². The van der Waals surface area contributed by atoms with Crippen LogP contribution in [0.1, 0.15) is 56.8 Å². The zero-order valence-corrected chi connectivity index (χ0v) is 17.8. The molecular weight excluding hydrogens is 385 g/mol. The summed E-state index contributed by atoms with van der Waals surface area (Å²) < 4.78 is 0. The summed E-state index contributed by atoms with van der Waals surface area (Å²) in [6.45, 7) is 7.84. The first-order valence-electron chi connectivity index (χ1n) is 9.37. The predicted molar refractivity (Wildman–Crippen MR) is 112 cm³/mol. The minimum atomic E-state index is -0.0899. The molecule has 2 atom stereocenters. The molecule has 2 saturated heterocycles. The smallest absolute Gasteiger partial charge is 0.255 e. The third-order valence-corrected chi connectivity index (χ3v) is 5.39. The lowest BCUT2D eigenvalue weighted by Crippen LogP contribution is -2.42. The van der Waals surface area contributed by atoms with Crippen molar-refractivity contribution in [1.29, 1.82) is 0 Å². The fourth-order valence-corrected chi connectivity index (χ4v) is 4.11. The molecule has 5 nitrogen and oxygen atoms in total. The van der Waals surface area contributed by atoms with Gasteiger partial charge in [0.1, 0.15) is 0 Å². The maximum absolute atomic E-state index is 13.2. The zero-order valence-electron chi connectivity index (χ0n) is 16.2. The highest BCUT2D eigenvalue weighted by Gasteiger charge is 2.38. The number of nitrogens with one attached hydrogen (secondary N) is 2. The topological polar surface area (TPSA) is 61.4 Å². The summed E-state index contributed by atoms with van der Waals surface area (Å²) in [5.74, 6) is -0.0876. The molecule has 0 radical (unpaired) electrons. The Morgan fingerprint density at radius 1 is 1.22 bits per heavy atom. The number of carbonyl (C=O) groups is 2. The van der Waals surface area contributed by atoms with E-state index in [9.17, 15) is 9.59 Å². The first kappa shape index (κ1) is 22.0. The fraction of sp³-hybridized carbons (Fsp3) is 0.600. The molecule has 2 amide bonds. The van der Waals surface area contributed by atoms with E-state index in [1.165, 1.54) is 0 Å². The molecule has 7 heteroatoms. The molecule has 2 fully saturated rings. The number of halogens is 2. The average Bonchev–Trinajstić information content (AvgIpc) is 2.79. The van der Waals surface area contributed by atoms with Gasteiger partial charge in [0, 0.05) is 30.7 Å². The van der Waals surface area contributed by atoms with Gasteiger partial charge in [-0.15, -0.1) is 12.4 Å². The summed E-state index contributed by atoms with van der Waals surface area (Å²) in [6, 6.07) is 5.66. The number of hydrogen-bond acceptors (Lipinski definition) is 3. The van der Waals surface area contributed by atoms with E-state index in [1.54, 1.807) is 18.2 Å². The Bertz CT molecular complexity index is 689. The van der Waals surface area contributed by atoms with Crippen molar-refractivity contribution in [3.8, 4) is 0 Å². The van der Waals surface area contributed by atoms with E-state index < -0.39 is 0 Å². The molecule has 2 heterocycles. The first-order valence-corrected chi connectivity index (χ1v) is 9.75. The van der Waals surface area contributed by atoms with Gasteiger partial charge in [-0.05, 0) is 49.4 Å². The first-order chi connectivity index (χ1) is 12.2. The molecule has 1 aromatic carbocycles. The molecular formula is C20H29Cl2N3O2. The standard InChI is InChI=1S/C20H28ClN3O2.ClH/c1-20(2,3)11-18(25)23-13-4-7-17(21)16(10-13)19(26)24-14-5-6-15(24)12-22-9-8-14;/h4,7,10,14-15,22H,5-6,8-9,11-12H2,1-3H3,(H,23,25);1H. The summed E-state index contributed by atoms with van der Waals surface area (Å²) in [6.07, 6.45) is 3.48. The molecule has 150 valence electrons. The highest BCUT2D eigenvalue weighted by molar-refractivity contribution is 6.34. The van der Waals surface area contributed by atoms with E-state index in [-0.39, 0.29) is 41.7 Å². The third-order valence-electron chi connectivity index (χ3n) is 5.06. The maximum atomic E-state index is 13.2. The SMILES string of the molecule is CC(C)(C)CC(=O)Nc1ccc(Cl)c(C(=O)N2C3CCNCC2CC3)c1.Cl. The van der Waals surface area contributed by atoms with Crippen LogP contribution >= 0.6 is 24.0 Å². The van der Waals surface area contributed by atoms with E-state index in [0.717, 1.165) is 32.4 Å². The van der Waals surface area contributed by atoms with Crippen molar-refractivity contribution in [2.24, 2.45) is 5.41 Å². The molecule has 2 N–H and O–H groups in total. The monoisotopic (exact) mass is 413 g/mol. The van der Waals surface area contributed by atoms with Crippen LogP contribution in [0.25, 0.3) is 0 Å². The van der Waals surface area contributed by atoms with Gasteiger partial charge in [-0.2, -0.15) is 0 Å². The van der Waals surface area contributed by atoms with Crippen molar-refractivity contribution in [2.45, 2.75) is 58.5 Å². The van der Waals surface area contributed by atoms with Crippen molar-refractivity contribution in [1.82, 2.24) is 10.2 Å². The molecule has 0 saturated carbocycles. The quantitative estimate of drug-likeness (QED) is 0.783. The van der Waals surface area contributed by atoms with Gasteiger partial charge in [0.15, 0.2) is 0 Å². The number of rotatable bonds is 3. The normalized spacial score (nSPS) is 22.0. The Hall–Kier alpha value is -1.30. The third kappa shape index (κ3) is 5.37. The van der Waals surface area contributed by atoms with Crippen molar-refractivity contribution in [3.05, 3.63) is 28.8 Å². The number of anilines is 1. The summed E-state index contributed by atoms with van der Waals surface area (Å²) in [5.41, 5.74) is 0.999. The molecule has 1 aromatic rings. The van der Waals surface area contributed by atoms with Crippen LogP contribution in [0.3, 0.4) is 0 Å². The summed E-state index contributed by atoms with van der Waals surface area (Å²) in [5, 5.41) is 6.73. The van der Waals surface area contributed by atoms with Crippen LogP contribution in [0.5, 0.6) is 0 Å². The molecule has 0 aliphatic carbocycles. The number of amides is 2. The number of benzene rings is 1. The second-order valence-electron chi connectivity index (χ2n) is 8.57. The zero-order chi connectivity index (χ0) is 18.9. The number of carbonyl (C=O) groups excluding carboxylic acids is 2. The van der Waals surface area contributed by atoms with Crippen molar-refractivity contribution < 1.29 is 9.59 Å². The number of fused-ring (bicyclic) bond motifs is 2. The minimum absolute atomic E-state index is 0. The lowest BCUT2D eigenvalue weighted by molar-refractivity contribution is -0.117. The Kier molecular flexibility index (Phi) is 7.17. The molecule has 2 aliphatic heterocycles. The molecule has 0 aromatic heterocycles. The summed E-state index contributed by atoms with van der Waals surface area (Å²) in [7, 11) is 0. The summed E-state index contributed by atoms with van der Waals surface area (Å²) >= 11 is 6.33. The Balaban J connectivity index is 0.00000261. The van der Waals surface area contributed by atoms with E-state index in [0.29, 0.717) is 22.7 Å². The van der Waals surface area contributed by atoms with Crippen molar-refractivity contribution in [2.75, 3.05) is 18.4 Å². The second-order valence-corrected chi connectivity index (χ2v) is 8.98. The van der Waals surface area contributed by atoms with Gasteiger partial charge in [0.2, 0.25) is 5.91 Å². The Morgan fingerprint density at radius 2 is 1.93 bits per heavy atom. The van der Waals surface area contributed by atoms with Crippen molar-refractivity contribution in [3.63, 3.8) is 0 Å². The molecule has 2 unspecified atom stereocenters.